The van der Waals surface area contributed by atoms with Gasteiger partial charge in [-0.25, -0.2) is 0 Å². The minimum Gasteiger partial charge on any atom is -0.299 e. The SMILES string of the molecule is CCCC(CCC)C(=O)Cc1cccc(C)c1. The fourth-order valence-electron chi connectivity index (χ4n) is 2.33. The maximum atomic E-state index is 12.2. The summed E-state index contributed by atoms with van der Waals surface area (Å²) in [5.74, 6) is 0.685. The molecule has 0 aliphatic rings. The summed E-state index contributed by atoms with van der Waals surface area (Å²) in [4.78, 5) is 12.2. The van der Waals surface area contributed by atoms with Crippen LogP contribution in [0.4, 0.5) is 0 Å². The van der Waals surface area contributed by atoms with Crippen LogP contribution in [0.5, 0.6) is 0 Å². The number of hydrogen-bond donors (Lipinski definition) is 0. The molecule has 0 fully saturated rings. The molecule has 0 unspecified atom stereocenters. The van der Waals surface area contributed by atoms with Crippen LogP contribution in [0.1, 0.15) is 50.7 Å². The summed E-state index contributed by atoms with van der Waals surface area (Å²) in [6.07, 6.45) is 4.89. The van der Waals surface area contributed by atoms with Gasteiger partial charge in [-0.2, -0.15) is 0 Å². The zero-order chi connectivity index (χ0) is 12.7. The third kappa shape index (κ3) is 4.72. The van der Waals surface area contributed by atoms with Gasteiger partial charge in [0.15, 0.2) is 0 Å². The van der Waals surface area contributed by atoms with Crippen molar-refractivity contribution in [2.45, 2.75) is 52.9 Å². The van der Waals surface area contributed by atoms with E-state index in [4.69, 9.17) is 0 Å². The van der Waals surface area contributed by atoms with Crippen LogP contribution in [0.2, 0.25) is 0 Å². The van der Waals surface area contributed by atoms with Crippen LogP contribution in [-0.2, 0) is 11.2 Å². The van der Waals surface area contributed by atoms with Gasteiger partial charge in [-0.3, -0.25) is 4.79 Å². The Hall–Kier alpha value is -1.11. The Bertz CT molecular complexity index is 348. The lowest BCUT2D eigenvalue weighted by Crippen LogP contribution is -2.16. The molecule has 0 heterocycles. The van der Waals surface area contributed by atoms with Crippen molar-refractivity contribution in [1.82, 2.24) is 0 Å². The van der Waals surface area contributed by atoms with E-state index in [1.807, 2.05) is 6.07 Å². The van der Waals surface area contributed by atoms with Crippen molar-refractivity contribution in [1.29, 1.82) is 0 Å². The average Bonchev–Trinajstić information content (AvgIpc) is 2.28. The van der Waals surface area contributed by atoms with Crippen LogP contribution in [-0.4, -0.2) is 5.78 Å². The molecule has 0 radical (unpaired) electrons. The molecule has 17 heavy (non-hydrogen) atoms. The van der Waals surface area contributed by atoms with Gasteiger partial charge in [0.2, 0.25) is 0 Å². The predicted molar refractivity (Wildman–Crippen MR) is 73.2 cm³/mol. The number of carbonyl (C=O) groups excluding carboxylic acids is 1. The standard InChI is InChI=1S/C16H24O/c1-4-7-15(8-5-2)16(17)12-14-10-6-9-13(3)11-14/h6,9-11,15H,4-5,7-8,12H2,1-3H3. The first-order valence-electron chi connectivity index (χ1n) is 6.75. The van der Waals surface area contributed by atoms with Gasteiger partial charge in [0, 0.05) is 12.3 Å². The second kappa shape index (κ2) is 7.26. The van der Waals surface area contributed by atoms with E-state index in [2.05, 4.69) is 39.0 Å². The minimum atomic E-state index is 0.269. The van der Waals surface area contributed by atoms with Crippen molar-refractivity contribution in [3.05, 3.63) is 35.4 Å². The zero-order valence-electron chi connectivity index (χ0n) is 11.3. The summed E-state index contributed by atoms with van der Waals surface area (Å²) < 4.78 is 0. The minimum absolute atomic E-state index is 0.269. The Balaban J connectivity index is 2.62. The molecule has 1 rings (SSSR count). The Labute approximate surface area is 105 Å². The van der Waals surface area contributed by atoms with Crippen LogP contribution in [0.25, 0.3) is 0 Å². The van der Waals surface area contributed by atoms with E-state index in [0.717, 1.165) is 31.2 Å². The highest BCUT2D eigenvalue weighted by molar-refractivity contribution is 5.83. The van der Waals surface area contributed by atoms with E-state index >= 15 is 0 Å². The molecule has 0 aromatic heterocycles. The first kappa shape index (κ1) is 14.0. The van der Waals surface area contributed by atoms with Gasteiger partial charge in [-0.05, 0) is 25.3 Å². The maximum absolute atomic E-state index is 12.2. The molecule has 0 saturated carbocycles. The molecule has 0 bridgehead atoms. The third-order valence-corrected chi connectivity index (χ3v) is 3.19. The lowest BCUT2D eigenvalue weighted by molar-refractivity contribution is -0.122. The van der Waals surface area contributed by atoms with Gasteiger partial charge in [-0.1, -0.05) is 56.5 Å². The number of ketones is 1. The van der Waals surface area contributed by atoms with Crippen LogP contribution in [0.3, 0.4) is 0 Å². The first-order valence-corrected chi connectivity index (χ1v) is 6.75. The molecule has 0 aliphatic carbocycles. The third-order valence-electron chi connectivity index (χ3n) is 3.19. The van der Waals surface area contributed by atoms with Crippen molar-refractivity contribution in [3.63, 3.8) is 0 Å². The van der Waals surface area contributed by atoms with Crippen LogP contribution in [0, 0.1) is 12.8 Å². The van der Waals surface area contributed by atoms with Gasteiger partial charge in [-0.15, -0.1) is 0 Å². The monoisotopic (exact) mass is 232 g/mol. The summed E-state index contributed by atoms with van der Waals surface area (Å²) >= 11 is 0. The van der Waals surface area contributed by atoms with Gasteiger partial charge < -0.3 is 0 Å². The predicted octanol–water partition coefficient (Wildman–Crippen LogP) is 4.32. The molecule has 1 nitrogen and oxygen atoms in total. The first-order chi connectivity index (χ1) is 8.17. The summed E-state index contributed by atoms with van der Waals surface area (Å²) in [6, 6.07) is 8.28. The van der Waals surface area contributed by atoms with Gasteiger partial charge in [0.25, 0.3) is 0 Å². The topological polar surface area (TPSA) is 17.1 Å². The maximum Gasteiger partial charge on any atom is 0.140 e. The second-order valence-corrected chi connectivity index (χ2v) is 4.91. The van der Waals surface area contributed by atoms with E-state index in [9.17, 15) is 4.79 Å². The molecule has 0 spiro atoms. The number of carbonyl (C=O) groups is 1. The van der Waals surface area contributed by atoms with Crippen molar-refractivity contribution in [2.75, 3.05) is 0 Å². The van der Waals surface area contributed by atoms with Crippen molar-refractivity contribution >= 4 is 5.78 Å². The molecule has 0 aliphatic heterocycles. The van der Waals surface area contributed by atoms with Crippen LogP contribution in [0.15, 0.2) is 24.3 Å². The van der Waals surface area contributed by atoms with E-state index < -0.39 is 0 Å². The van der Waals surface area contributed by atoms with E-state index in [-0.39, 0.29) is 5.92 Å². The molecular weight excluding hydrogens is 208 g/mol. The Morgan fingerprint density at radius 1 is 1.18 bits per heavy atom. The largest absolute Gasteiger partial charge is 0.299 e. The molecule has 0 amide bonds. The van der Waals surface area contributed by atoms with Gasteiger partial charge in [0.05, 0.1) is 0 Å². The Morgan fingerprint density at radius 2 is 1.82 bits per heavy atom. The highest BCUT2D eigenvalue weighted by Crippen LogP contribution is 2.17. The summed E-state index contributed by atoms with van der Waals surface area (Å²) in [7, 11) is 0. The fourth-order valence-corrected chi connectivity index (χ4v) is 2.33. The Morgan fingerprint density at radius 3 is 2.35 bits per heavy atom. The summed E-state index contributed by atoms with van der Waals surface area (Å²) in [6.45, 7) is 6.38. The summed E-state index contributed by atoms with van der Waals surface area (Å²) in [5.41, 5.74) is 2.39. The molecule has 0 N–H and O–H groups in total. The highest BCUT2D eigenvalue weighted by Gasteiger charge is 2.16. The van der Waals surface area contributed by atoms with Gasteiger partial charge >= 0.3 is 0 Å². The number of benzene rings is 1. The molecular formula is C16H24O. The summed E-state index contributed by atoms with van der Waals surface area (Å²) in [5, 5.41) is 0. The normalized spacial score (nSPS) is 10.8. The van der Waals surface area contributed by atoms with E-state index in [0.29, 0.717) is 12.2 Å². The number of rotatable bonds is 7. The second-order valence-electron chi connectivity index (χ2n) is 4.91. The van der Waals surface area contributed by atoms with Crippen LogP contribution >= 0.6 is 0 Å². The quantitative estimate of drug-likeness (QED) is 0.684. The van der Waals surface area contributed by atoms with Crippen molar-refractivity contribution in [2.24, 2.45) is 5.92 Å². The Kier molecular flexibility index (Phi) is 5.96. The van der Waals surface area contributed by atoms with Crippen molar-refractivity contribution in [3.8, 4) is 0 Å². The molecule has 0 atom stereocenters. The lowest BCUT2D eigenvalue weighted by atomic mass is 9.90. The molecule has 1 heteroatoms. The molecule has 1 aromatic rings. The lowest BCUT2D eigenvalue weighted by Gasteiger charge is -2.14. The number of aryl methyl sites for hydroxylation is 1. The highest BCUT2D eigenvalue weighted by atomic mass is 16.1. The average molecular weight is 232 g/mol. The smallest absolute Gasteiger partial charge is 0.140 e. The molecule has 94 valence electrons. The van der Waals surface area contributed by atoms with E-state index in [1.54, 1.807) is 0 Å². The molecule has 0 saturated heterocycles. The van der Waals surface area contributed by atoms with E-state index in [1.165, 1.54) is 5.56 Å². The van der Waals surface area contributed by atoms with Gasteiger partial charge in [0.1, 0.15) is 5.78 Å². The van der Waals surface area contributed by atoms with Crippen molar-refractivity contribution < 1.29 is 4.79 Å². The zero-order valence-corrected chi connectivity index (χ0v) is 11.3. The number of Topliss-reactive ketones (excluding diaryl/α,β-unsaturated/α-hetero) is 1. The fraction of sp³-hybridized carbons (Fsp3) is 0.562. The molecule has 1 aromatic carbocycles. The number of hydrogen-bond acceptors (Lipinski definition) is 1. The van der Waals surface area contributed by atoms with Crippen LogP contribution < -0.4 is 0 Å².